The highest BCUT2D eigenvalue weighted by molar-refractivity contribution is 5.95. The Morgan fingerprint density at radius 1 is 0.886 bits per heavy atom. The molecule has 1 fully saturated rings. The fourth-order valence-electron chi connectivity index (χ4n) is 3.61. The molecule has 1 saturated heterocycles. The Kier molecular flexibility index (Phi) is 6.62. The molecule has 2 heterocycles. The normalized spacial score (nSPS) is 13.3. The van der Waals surface area contributed by atoms with Crippen LogP contribution in [0.4, 0.5) is 33.1 Å². The van der Waals surface area contributed by atoms with Crippen molar-refractivity contribution in [3.05, 3.63) is 86.5 Å². The summed E-state index contributed by atoms with van der Waals surface area (Å²) in [6.07, 6.45) is 1.15. The van der Waals surface area contributed by atoms with E-state index < -0.39 is 21.4 Å². The first-order chi connectivity index (χ1) is 16.8. The third-order valence-corrected chi connectivity index (χ3v) is 5.39. The molecule has 180 valence electrons. The van der Waals surface area contributed by atoms with Gasteiger partial charge in [0.05, 0.1) is 9.85 Å². The van der Waals surface area contributed by atoms with Gasteiger partial charge in [-0.1, -0.05) is 0 Å². The van der Waals surface area contributed by atoms with Gasteiger partial charge in [-0.3, -0.25) is 35.9 Å². The lowest BCUT2D eigenvalue weighted by Gasteiger charge is -2.36. The Hall–Kier alpha value is -4.88. The Bertz CT molecular complexity index is 1250. The summed E-state index contributed by atoms with van der Waals surface area (Å²) < 4.78 is 13.2. The molecule has 0 unspecified atom stereocenters. The summed E-state index contributed by atoms with van der Waals surface area (Å²) in [7, 11) is 0. The highest BCUT2D eigenvalue weighted by Crippen LogP contribution is 2.32. The van der Waals surface area contributed by atoms with Gasteiger partial charge in [0.1, 0.15) is 12.1 Å². The van der Waals surface area contributed by atoms with Gasteiger partial charge >= 0.3 is 5.69 Å². The summed E-state index contributed by atoms with van der Waals surface area (Å²) >= 11 is 0. The van der Waals surface area contributed by atoms with E-state index in [0.717, 1.165) is 12.0 Å². The Balaban J connectivity index is 1.46. The minimum absolute atomic E-state index is 0.0934. The van der Waals surface area contributed by atoms with E-state index in [1.54, 1.807) is 17.0 Å². The number of hydrogen-bond donors (Lipinski definition) is 2. The van der Waals surface area contributed by atoms with Crippen LogP contribution in [0.2, 0.25) is 0 Å². The van der Waals surface area contributed by atoms with Gasteiger partial charge in [0.2, 0.25) is 11.6 Å². The molecule has 2 aromatic carbocycles. The monoisotopic (exact) mass is 482 g/mol. The number of rotatable bonds is 7. The molecule has 0 spiro atoms. The van der Waals surface area contributed by atoms with E-state index in [9.17, 15) is 29.4 Å². The fourth-order valence-corrected chi connectivity index (χ4v) is 3.61. The number of nitrogens with one attached hydrogen (secondary N) is 2. The number of anilines is 3. The number of halogens is 1. The first kappa shape index (κ1) is 23.3. The number of nitro benzene ring substituents is 1. The van der Waals surface area contributed by atoms with Crippen molar-refractivity contribution >= 4 is 34.6 Å². The lowest BCUT2D eigenvalue weighted by molar-refractivity contribution is -0.384. The van der Waals surface area contributed by atoms with Crippen LogP contribution in [0.25, 0.3) is 0 Å². The minimum Gasteiger partial charge on any atom is -0.368 e. The number of aromatic nitrogens is 2. The Morgan fingerprint density at radius 3 is 2.11 bits per heavy atom. The van der Waals surface area contributed by atoms with Crippen LogP contribution in [-0.2, 0) is 0 Å². The van der Waals surface area contributed by atoms with Gasteiger partial charge in [-0.15, -0.1) is 0 Å². The van der Waals surface area contributed by atoms with E-state index in [1.165, 1.54) is 36.4 Å². The first-order valence-electron chi connectivity index (χ1n) is 10.4. The van der Waals surface area contributed by atoms with Crippen molar-refractivity contribution in [2.45, 2.75) is 0 Å². The van der Waals surface area contributed by atoms with Gasteiger partial charge in [0.25, 0.3) is 11.6 Å². The molecule has 35 heavy (non-hydrogen) atoms. The molecule has 0 bridgehead atoms. The average Bonchev–Trinajstić information content (AvgIpc) is 2.87. The number of hydrogen-bond acceptors (Lipinski definition) is 10. The molecule has 1 amide bonds. The van der Waals surface area contributed by atoms with E-state index in [0.29, 0.717) is 26.2 Å². The first-order valence-corrected chi connectivity index (χ1v) is 10.4. The number of nitrogens with zero attached hydrogens (tertiary/aromatic N) is 6. The number of non-ortho nitro benzene ring substituents is 1. The number of carbonyl (C=O) groups is 1. The molecule has 3 aromatic rings. The van der Waals surface area contributed by atoms with Gasteiger partial charge in [-0.2, -0.15) is 0 Å². The summed E-state index contributed by atoms with van der Waals surface area (Å²) in [4.78, 5) is 45.5. The van der Waals surface area contributed by atoms with E-state index in [4.69, 9.17) is 0 Å². The number of amides is 1. The molecule has 0 radical (unpaired) electrons. The number of benzene rings is 2. The fraction of sp³-hybridized carbons (Fsp3) is 0.190. The lowest BCUT2D eigenvalue weighted by atomic mass is 10.2. The van der Waals surface area contributed by atoms with Crippen LogP contribution in [0.1, 0.15) is 10.4 Å². The topological polar surface area (TPSA) is 160 Å². The van der Waals surface area contributed by atoms with E-state index in [2.05, 4.69) is 20.8 Å². The molecule has 1 aliphatic rings. The highest BCUT2D eigenvalue weighted by Gasteiger charge is 2.29. The summed E-state index contributed by atoms with van der Waals surface area (Å²) in [6.45, 7) is 1.91. The van der Waals surface area contributed by atoms with Crippen LogP contribution in [0.15, 0.2) is 54.9 Å². The summed E-state index contributed by atoms with van der Waals surface area (Å²) in [5.41, 5.74) is 5.13. The molecular weight excluding hydrogens is 463 g/mol. The molecule has 13 nitrogen and oxygen atoms in total. The zero-order valence-corrected chi connectivity index (χ0v) is 18.1. The van der Waals surface area contributed by atoms with Gasteiger partial charge in [-0.05, 0) is 36.4 Å². The largest absolute Gasteiger partial charge is 0.368 e. The quantitative estimate of drug-likeness (QED) is 0.378. The van der Waals surface area contributed by atoms with Crippen molar-refractivity contribution < 1.29 is 19.0 Å². The van der Waals surface area contributed by atoms with E-state index in [1.807, 2.05) is 4.90 Å². The van der Waals surface area contributed by atoms with Gasteiger partial charge in [0.15, 0.2) is 0 Å². The van der Waals surface area contributed by atoms with Crippen LogP contribution in [-0.4, -0.2) is 51.9 Å². The number of hydrazine groups is 1. The lowest BCUT2D eigenvalue weighted by Crippen LogP contribution is -2.47. The van der Waals surface area contributed by atoms with Crippen molar-refractivity contribution in [2.24, 2.45) is 0 Å². The van der Waals surface area contributed by atoms with Crippen LogP contribution in [0.3, 0.4) is 0 Å². The van der Waals surface area contributed by atoms with Crippen LogP contribution >= 0.6 is 0 Å². The third-order valence-electron chi connectivity index (χ3n) is 5.39. The number of nitro groups is 2. The molecule has 14 heteroatoms. The molecule has 2 N–H and O–H groups in total. The molecule has 1 aliphatic heterocycles. The minimum atomic E-state index is -0.665. The summed E-state index contributed by atoms with van der Waals surface area (Å²) in [5.74, 6) is -1.11. The SMILES string of the molecule is O=C(NNc1ncnc(N2CCN(c3ccc(F)cc3)CC2)c1[N+](=O)[O-])c1ccc([N+](=O)[O-])cc1. The van der Waals surface area contributed by atoms with Crippen LogP contribution < -0.4 is 20.7 Å². The molecule has 0 aliphatic carbocycles. The molecule has 4 rings (SSSR count). The van der Waals surface area contributed by atoms with Crippen LogP contribution in [0, 0.1) is 26.0 Å². The second-order valence-corrected chi connectivity index (χ2v) is 7.49. The standard InChI is InChI=1S/C21H19FN8O5/c22-15-3-7-16(8-4-15)27-9-11-28(12-10-27)20-18(30(34)35)19(23-13-24-20)25-26-21(31)14-1-5-17(6-2-14)29(32)33/h1-8,13H,9-12H2,(H,26,31)(H,23,24,25). The van der Waals surface area contributed by atoms with Crippen molar-refractivity contribution in [3.8, 4) is 0 Å². The summed E-state index contributed by atoms with van der Waals surface area (Å²) in [6, 6.07) is 11.0. The predicted octanol–water partition coefficient (Wildman–Crippen LogP) is 2.52. The van der Waals surface area contributed by atoms with Gasteiger partial charge < -0.3 is 9.80 Å². The number of carbonyl (C=O) groups excluding carboxylic acids is 1. The maximum absolute atomic E-state index is 13.2. The third kappa shape index (κ3) is 5.21. The highest BCUT2D eigenvalue weighted by atomic mass is 19.1. The molecule has 0 atom stereocenters. The summed E-state index contributed by atoms with van der Waals surface area (Å²) in [5, 5.41) is 22.6. The Labute approximate surface area is 197 Å². The smallest absolute Gasteiger partial charge is 0.355 e. The number of piperazine rings is 1. The molecule has 1 aromatic heterocycles. The van der Waals surface area contributed by atoms with Crippen molar-refractivity contribution in [2.75, 3.05) is 41.4 Å². The van der Waals surface area contributed by atoms with E-state index >= 15 is 0 Å². The molecule has 0 saturated carbocycles. The van der Waals surface area contributed by atoms with Crippen LogP contribution in [0.5, 0.6) is 0 Å². The van der Waals surface area contributed by atoms with Gasteiger partial charge in [0, 0.05) is 49.6 Å². The maximum atomic E-state index is 13.2. The van der Waals surface area contributed by atoms with Crippen molar-refractivity contribution in [1.82, 2.24) is 15.4 Å². The second kappa shape index (κ2) is 9.94. The molecular formula is C21H19FN8O5. The van der Waals surface area contributed by atoms with E-state index in [-0.39, 0.29) is 28.7 Å². The van der Waals surface area contributed by atoms with Crippen molar-refractivity contribution in [3.63, 3.8) is 0 Å². The zero-order chi connectivity index (χ0) is 24.9. The van der Waals surface area contributed by atoms with Crippen molar-refractivity contribution in [1.29, 1.82) is 0 Å². The predicted molar refractivity (Wildman–Crippen MR) is 124 cm³/mol. The maximum Gasteiger partial charge on any atom is 0.355 e. The average molecular weight is 482 g/mol. The second-order valence-electron chi connectivity index (χ2n) is 7.49. The van der Waals surface area contributed by atoms with Gasteiger partial charge in [-0.25, -0.2) is 14.4 Å². The Morgan fingerprint density at radius 2 is 1.51 bits per heavy atom. The zero-order valence-electron chi connectivity index (χ0n) is 18.1.